The van der Waals surface area contributed by atoms with Gasteiger partial charge in [0.25, 0.3) is 6.85 Å². The normalized spacial score (nSPS) is 10.9. The Hall–Kier alpha value is -0.915. The van der Waals surface area contributed by atoms with Crippen molar-refractivity contribution in [3.05, 3.63) is 30.3 Å². The summed E-state index contributed by atoms with van der Waals surface area (Å²) >= 11 is 0. The molecule has 16 heavy (non-hydrogen) atoms. The number of anilines is 1. The molecule has 0 bridgehead atoms. The molecule has 2 heteroatoms. The third-order valence-corrected chi connectivity index (χ3v) is 2.66. The maximum Gasteiger partial charge on any atom is 0.252 e. The third-order valence-electron chi connectivity index (χ3n) is 2.66. The first-order valence-corrected chi connectivity index (χ1v) is 6.39. The van der Waals surface area contributed by atoms with Crippen LogP contribution in [0.1, 0.15) is 27.7 Å². The van der Waals surface area contributed by atoms with Crippen LogP contribution < -0.4 is 5.23 Å². The fraction of sp³-hybridized carbons (Fsp3) is 0.571. The molecule has 0 aliphatic carbocycles. The van der Waals surface area contributed by atoms with E-state index in [2.05, 4.69) is 63.3 Å². The van der Waals surface area contributed by atoms with Gasteiger partial charge in [0.15, 0.2) is 0 Å². The molecule has 0 atom stereocenters. The molecule has 0 aliphatic rings. The maximum absolute atomic E-state index is 3.64. The highest BCUT2D eigenvalue weighted by Crippen LogP contribution is 2.17. The van der Waals surface area contributed by atoms with E-state index in [4.69, 9.17) is 0 Å². The zero-order valence-electron chi connectivity index (χ0n) is 11.0. The van der Waals surface area contributed by atoms with Crippen molar-refractivity contribution in [3.63, 3.8) is 0 Å². The first-order valence-electron chi connectivity index (χ1n) is 6.39. The smallest absolute Gasteiger partial charge is 0.252 e. The SMILES string of the molecule is CC(C)CB(CC(C)C)Nc1ccccc1. The van der Waals surface area contributed by atoms with Crippen LogP contribution in [-0.2, 0) is 0 Å². The highest BCUT2D eigenvalue weighted by Gasteiger charge is 2.17. The summed E-state index contributed by atoms with van der Waals surface area (Å²) in [7, 11) is 0. The molecule has 0 heterocycles. The monoisotopic (exact) mass is 217 g/mol. The Morgan fingerprint density at radius 2 is 1.44 bits per heavy atom. The van der Waals surface area contributed by atoms with Crippen LogP contribution in [0.5, 0.6) is 0 Å². The third kappa shape index (κ3) is 5.25. The van der Waals surface area contributed by atoms with Gasteiger partial charge in [-0.25, -0.2) is 0 Å². The van der Waals surface area contributed by atoms with Crippen molar-refractivity contribution in [1.82, 2.24) is 0 Å². The molecule has 0 saturated heterocycles. The predicted molar refractivity (Wildman–Crippen MR) is 75.1 cm³/mol. The van der Waals surface area contributed by atoms with Crippen LogP contribution in [0.25, 0.3) is 0 Å². The van der Waals surface area contributed by atoms with Gasteiger partial charge in [0.05, 0.1) is 0 Å². The van der Waals surface area contributed by atoms with Gasteiger partial charge in [0.1, 0.15) is 0 Å². The Morgan fingerprint density at radius 3 is 1.88 bits per heavy atom. The summed E-state index contributed by atoms with van der Waals surface area (Å²) < 4.78 is 0. The summed E-state index contributed by atoms with van der Waals surface area (Å²) in [6.45, 7) is 9.77. The van der Waals surface area contributed by atoms with Crippen molar-refractivity contribution in [2.45, 2.75) is 40.3 Å². The highest BCUT2D eigenvalue weighted by atomic mass is 14.8. The number of rotatable bonds is 6. The molecular weight excluding hydrogens is 193 g/mol. The van der Waals surface area contributed by atoms with Crippen LogP contribution in [-0.4, -0.2) is 6.85 Å². The van der Waals surface area contributed by atoms with E-state index in [1.54, 1.807) is 0 Å². The van der Waals surface area contributed by atoms with Crippen molar-refractivity contribution in [1.29, 1.82) is 0 Å². The Labute approximate surface area is 101 Å². The summed E-state index contributed by atoms with van der Waals surface area (Å²) in [6, 6.07) is 10.5. The van der Waals surface area contributed by atoms with Crippen molar-refractivity contribution in [2.24, 2.45) is 11.8 Å². The first-order chi connectivity index (χ1) is 7.58. The molecule has 88 valence electrons. The summed E-state index contributed by atoms with van der Waals surface area (Å²) in [6.07, 6.45) is 2.49. The van der Waals surface area contributed by atoms with Crippen molar-refractivity contribution >= 4 is 12.5 Å². The Morgan fingerprint density at radius 1 is 0.938 bits per heavy atom. The van der Waals surface area contributed by atoms with Crippen LogP contribution in [0.2, 0.25) is 12.6 Å². The van der Waals surface area contributed by atoms with Gasteiger partial charge >= 0.3 is 0 Å². The van der Waals surface area contributed by atoms with Crippen molar-refractivity contribution in [3.8, 4) is 0 Å². The minimum absolute atomic E-state index is 0.599. The molecule has 0 spiro atoms. The molecule has 0 radical (unpaired) electrons. The Bertz CT molecular complexity index is 272. The average Bonchev–Trinajstić information content (AvgIpc) is 2.16. The topological polar surface area (TPSA) is 12.0 Å². The van der Waals surface area contributed by atoms with Gasteiger partial charge in [-0.3, -0.25) is 0 Å². The van der Waals surface area contributed by atoms with Gasteiger partial charge in [0, 0.05) is 5.69 Å². The van der Waals surface area contributed by atoms with E-state index >= 15 is 0 Å². The van der Waals surface area contributed by atoms with E-state index in [1.165, 1.54) is 18.3 Å². The maximum atomic E-state index is 3.64. The zero-order valence-corrected chi connectivity index (χ0v) is 11.0. The van der Waals surface area contributed by atoms with Crippen molar-refractivity contribution in [2.75, 3.05) is 5.23 Å². The average molecular weight is 217 g/mol. The standard InChI is InChI=1S/C14H24BN/c1-12(2)10-15(11-13(3)4)16-14-8-6-5-7-9-14/h5-9,12-13,16H,10-11H2,1-4H3. The molecule has 0 aliphatic heterocycles. The molecule has 1 nitrogen and oxygen atoms in total. The van der Waals surface area contributed by atoms with E-state index in [0.717, 1.165) is 11.8 Å². The molecule has 0 saturated carbocycles. The molecule has 0 aromatic heterocycles. The second-order valence-electron chi connectivity index (χ2n) is 5.47. The fourth-order valence-electron chi connectivity index (χ4n) is 2.12. The van der Waals surface area contributed by atoms with Gasteiger partial charge < -0.3 is 5.23 Å². The van der Waals surface area contributed by atoms with E-state index in [1.807, 2.05) is 0 Å². The van der Waals surface area contributed by atoms with Crippen LogP contribution in [0.3, 0.4) is 0 Å². The first kappa shape index (κ1) is 13.2. The molecule has 0 fully saturated rings. The van der Waals surface area contributed by atoms with Crippen LogP contribution in [0.4, 0.5) is 5.69 Å². The number of hydrogen-bond acceptors (Lipinski definition) is 1. The summed E-state index contributed by atoms with van der Waals surface area (Å²) in [5, 5.41) is 3.64. The molecule has 1 N–H and O–H groups in total. The van der Waals surface area contributed by atoms with E-state index in [0.29, 0.717) is 6.85 Å². The second kappa shape index (κ2) is 6.62. The van der Waals surface area contributed by atoms with Gasteiger partial charge in [-0.15, -0.1) is 0 Å². The van der Waals surface area contributed by atoms with Gasteiger partial charge in [-0.2, -0.15) is 0 Å². The van der Waals surface area contributed by atoms with E-state index < -0.39 is 0 Å². The molecule has 0 amide bonds. The summed E-state index contributed by atoms with van der Waals surface area (Å²) in [4.78, 5) is 0. The van der Waals surface area contributed by atoms with Gasteiger partial charge in [-0.05, 0) is 12.1 Å². The molecular formula is C14H24BN. The largest absolute Gasteiger partial charge is 0.428 e. The lowest BCUT2D eigenvalue weighted by atomic mass is 9.51. The van der Waals surface area contributed by atoms with Crippen LogP contribution >= 0.6 is 0 Å². The summed E-state index contributed by atoms with van der Waals surface area (Å²) in [5.74, 6) is 1.50. The lowest BCUT2D eigenvalue weighted by Crippen LogP contribution is -2.27. The lowest BCUT2D eigenvalue weighted by Gasteiger charge is -2.20. The number of hydrogen-bond donors (Lipinski definition) is 1. The predicted octanol–water partition coefficient (Wildman–Crippen LogP) is 4.40. The Kier molecular flexibility index (Phi) is 5.44. The second-order valence-corrected chi connectivity index (χ2v) is 5.47. The highest BCUT2D eigenvalue weighted by molar-refractivity contribution is 6.62. The molecule has 1 aromatic rings. The number of benzene rings is 1. The van der Waals surface area contributed by atoms with Crippen LogP contribution in [0.15, 0.2) is 30.3 Å². The van der Waals surface area contributed by atoms with Gasteiger partial charge in [0.2, 0.25) is 0 Å². The summed E-state index contributed by atoms with van der Waals surface area (Å²) in [5.41, 5.74) is 1.24. The quantitative estimate of drug-likeness (QED) is 0.696. The van der Waals surface area contributed by atoms with E-state index in [9.17, 15) is 0 Å². The minimum Gasteiger partial charge on any atom is -0.428 e. The van der Waals surface area contributed by atoms with Crippen LogP contribution in [0, 0.1) is 11.8 Å². The zero-order chi connectivity index (χ0) is 12.0. The molecule has 1 aromatic carbocycles. The molecule has 0 unspecified atom stereocenters. The number of para-hydroxylation sites is 1. The minimum atomic E-state index is 0.599. The number of nitrogens with one attached hydrogen (secondary N) is 1. The Balaban J connectivity index is 2.56. The lowest BCUT2D eigenvalue weighted by molar-refractivity contribution is 0.691. The van der Waals surface area contributed by atoms with E-state index in [-0.39, 0.29) is 0 Å². The van der Waals surface area contributed by atoms with Gasteiger partial charge in [-0.1, -0.05) is 70.4 Å². The van der Waals surface area contributed by atoms with Crippen molar-refractivity contribution < 1.29 is 0 Å². The molecule has 1 rings (SSSR count). The fourth-order valence-corrected chi connectivity index (χ4v) is 2.12.